The lowest BCUT2D eigenvalue weighted by atomic mass is 9.99. The van der Waals surface area contributed by atoms with Crippen molar-refractivity contribution in [3.05, 3.63) is 106 Å². The first kappa shape index (κ1) is 27.5. The van der Waals surface area contributed by atoms with Gasteiger partial charge in [0, 0.05) is 43.9 Å². The maximum absolute atomic E-state index is 13.4. The number of carbonyl (C=O) groups is 1. The Hall–Kier alpha value is -4.62. The smallest absolute Gasteiger partial charge is 0.255 e. The van der Waals surface area contributed by atoms with Crippen LogP contribution in [0.2, 0.25) is 0 Å². The Morgan fingerprint density at radius 2 is 1.60 bits per heavy atom. The van der Waals surface area contributed by atoms with E-state index in [0.717, 1.165) is 66.9 Å². The molecule has 1 aliphatic heterocycles. The fourth-order valence-corrected chi connectivity index (χ4v) is 5.87. The molecule has 0 spiro atoms. The number of carbonyl (C=O) groups excluding carboxylic acids is 1. The molecule has 42 heavy (non-hydrogen) atoms. The number of methoxy groups -OCH3 is 1. The molecule has 0 radical (unpaired) electrons. The van der Waals surface area contributed by atoms with Crippen molar-refractivity contribution in [2.45, 2.75) is 13.3 Å². The minimum absolute atomic E-state index is 0.124. The van der Waals surface area contributed by atoms with Gasteiger partial charge in [0.1, 0.15) is 11.5 Å². The second kappa shape index (κ2) is 12.1. The van der Waals surface area contributed by atoms with Crippen molar-refractivity contribution in [1.82, 2.24) is 10.2 Å². The van der Waals surface area contributed by atoms with Crippen LogP contribution in [0.15, 0.2) is 94.1 Å². The summed E-state index contributed by atoms with van der Waals surface area (Å²) in [5.74, 6) is 1.16. The molecule has 1 N–H and O–H groups in total. The monoisotopic (exact) mass is 561 g/mol. The molecule has 6 rings (SSSR count). The van der Waals surface area contributed by atoms with Crippen LogP contribution in [0.25, 0.3) is 33.1 Å². The first-order valence-corrected chi connectivity index (χ1v) is 14.5. The lowest BCUT2D eigenvalue weighted by molar-refractivity contribution is 0.0952. The van der Waals surface area contributed by atoms with Gasteiger partial charge in [-0.1, -0.05) is 60.7 Å². The Morgan fingerprint density at radius 1 is 0.881 bits per heavy atom. The number of nitrogens with one attached hydrogen (secondary N) is 1. The van der Waals surface area contributed by atoms with E-state index in [2.05, 4.69) is 21.2 Å². The number of fused-ring (bicyclic) bond motifs is 2. The van der Waals surface area contributed by atoms with Gasteiger partial charge in [0.05, 0.1) is 23.7 Å². The first-order valence-electron chi connectivity index (χ1n) is 14.5. The molecule has 0 atom stereocenters. The number of anilines is 1. The summed E-state index contributed by atoms with van der Waals surface area (Å²) in [6.07, 6.45) is 0.829. The van der Waals surface area contributed by atoms with Gasteiger partial charge in [0.15, 0.2) is 11.0 Å². The highest BCUT2D eigenvalue weighted by atomic mass is 16.5. The molecule has 7 nitrogen and oxygen atoms in total. The van der Waals surface area contributed by atoms with Gasteiger partial charge in [-0.3, -0.25) is 14.5 Å². The van der Waals surface area contributed by atoms with Gasteiger partial charge < -0.3 is 19.4 Å². The zero-order chi connectivity index (χ0) is 29.1. The van der Waals surface area contributed by atoms with E-state index in [1.165, 1.54) is 0 Å². The predicted octanol–water partition coefficient (Wildman–Crippen LogP) is 5.87. The number of amides is 1. The predicted molar refractivity (Wildman–Crippen MR) is 169 cm³/mol. The van der Waals surface area contributed by atoms with Crippen LogP contribution >= 0.6 is 0 Å². The molecule has 2 heterocycles. The van der Waals surface area contributed by atoms with Gasteiger partial charge >= 0.3 is 0 Å². The SMILES string of the molecule is COc1ccccc1N1CCN(CCCNC(=O)c2cccc3c(=O)c(C)c(-c4cccc5ccccc45)oc23)CC1. The largest absolute Gasteiger partial charge is 0.495 e. The summed E-state index contributed by atoms with van der Waals surface area (Å²) in [6.45, 7) is 6.99. The van der Waals surface area contributed by atoms with Crippen LogP contribution in [-0.2, 0) is 0 Å². The summed E-state index contributed by atoms with van der Waals surface area (Å²) in [5, 5.41) is 5.52. The molecule has 1 aliphatic rings. The minimum Gasteiger partial charge on any atom is -0.495 e. The number of nitrogens with zero attached hydrogens (tertiary/aromatic N) is 2. The summed E-state index contributed by atoms with van der Waals surface area (Å²) < 4.78 is 11.9. The maximum atomic E-state index is 13.4. The number of hydrogen-bond donors (Lipinski definition) is 1. The van der Waals surface area contributed by atoms with Crippen LogP contribution in [0.1, 0.15) is 22.3 Å². The molecule has 0 bridgehead atoms. The van der Waals surface area contributed by atoms with Crippen LogP contribution in [0.5, 0.6) is 5.75 Å². The van der Waals surface area contributed by atoms with Gasteiger partial charge in [-0.15, -0.1) is 0 Å². The molecule has 0 aliphatic carbocycles. The minimum atomic E-state index is -0.238. The lowest BCUT2D eigenvalue weighted by Gasteiger charge is -2.36. The second-order valence-corrected chi connectivity index (χ2v) is 10.7. The zero-order valence-corrected chi connectivity index (χ0v) is 24.1. The molecule has 1 fully saturated rings. The number of rotatable bonds is 8. The molecule has 1 aromatic heterocycles. The third-order valence-corrected chi connectivity index (χ3v) is 8.16. The van der Waals surface area contributed by atoms with Gasteiger partial charge in [0.2, 0.25) is 0 Å². The molecule has 0 unspecified atom stereocenters. The Morgan fingerprint density at radius 3 is 2.43 bits per heavy atom. The third-order valence-electron chi connectivity index (χ3n) is 8.16. The van der Waals surface area contributed by atoms with Gasteiger partial charge in [-0.25, -0.2) is 0 Å². The van der Waals surface area contributed by atoms with Crippen molar-refractivity contribution in [1.29, 1.82) is 0 Å². The van der Waals surface area contributed by atoms with Crippen molar-refractivity contribution in [2.75, 3.05) is 51.3 Å². The van der Waals surface area contributed by atoms with Crippen LogP contribution < -0.4 is 20.4 Å². The van der Waals surface area contributed by atoms with Crippen molar-refractivity contribution < 1.29 is 13.9 Å². The topological polar surface area (TPSA) is 75.0 Å². The molecule has 1 amide bonds. The summed E-state index contributed by atoms with van der Waals surface area (Å²) >= 11 is 0. The Balaban J connectivity index is 1.13. The van der Waals surface area contributed by atoms with E-state index in [1.54, 1.807) is 32.2 Å². The molecule has 0 saturated carbocycles. The molecule has 1 saturated heterocycles. The molecule has 4 aromatic carbocycles. The number of benzene rings is 4. The van der Waals surface area contributed by atoms with E-state index in [9.17, 15) is 9.59 Å². The van der Waals surface area contributed by atoms with Crippen LogP contribution in [-0.4, -0.2) is 57.2 Å². The van der Waals surface area contributed by atoms with Crippen LogP contribution in [0.4, 0.5) is 5.69 Å². The molecule has 214 valence electrons. The fraction of sp³-hybridized carbons (Fsp3) is 0.257. The van der Waals surface area contributed by atoms with E-state index in [0.29, 0.717) is 34.4 Å². The normalized spacial score (nSPS) is 13.9. The quantitative estimate of drug-likeness (QED) is 0.239. The summed E-state index contributed by atoms with van der Waals surface area (Å²) in [7, 11) is 1.71. The standard InChI is InChI=1S/C35H35N3O4/c1-24-32(39)28-14-8-15-29(34(28)42-33(24)27-13-7-11-25-10-3-4-12-26(25)27)35(40)36-18-9-19-37-20-22-38(23-21-37)30-16-5-6-17-31(30)41-2/h3-8,10-17H,9,18-23H2,1-2H3,(H,36,40). The first-order chi connectivity index (χ1) is 20.5. The van der Waals surface area contributed by atoms with E-state index in [1.807, 2.05) is 60.7 Å². The van der Waals surface area contributed by atoms with E-state index in [4.69, 9.17) is 9.15 Å². The van der Waals surface area contributed by atoms with Gasteiger partial charge in [-0.05, 0) is 54.9 Å². The van der Waals surface area contributed by atoms with Crippen molar-refractivity contribution in [2.24, 2.45) is 0 Å². The second-order valence-electron chi connectivity index (χ2n) is 10.7. The van der Waals surface area contributed by atoms with E-state index < -0.39 is 0 Å². The van der Waals surface area contributed by atoms with Crippen LogP contribution in [0.3, 0.4) is 0 Å². The highest BCUT2D eigenvalue weighted by Crippen LogP contribution is 2.33. The number of ether oxygens (including phenoxy) is 1. The molecular formula is C35H35N3O4. The molecule has 5 aromatic rings. The average Bonchev–Trinajstić information content (AvgIpc) is 3.04. The summed E-state index contributed by atoms with van der Waals surface area (Å²) in [6, 6.07) is 27.3. The zero-order valence-electron chi connectivity index (χ0n) is 24.1. The van der Waals surface area contributed by atoms with Crippen molar-refractivity contribution in [3.8, 4) is 17.1 Å². The highest BCUT2D eigenvalue weighted by molar-refractivity contribution is 6.05. The highest BCUT2D eigenvalue weighted by Gasteiger charge is 2.21. The number of hydrogen-bond acceptors (Lipinski definition) is 6. The van der Waals surface area contributed by atoms with Crippen molar-refractivity contribution in [3.63, 3.8) is 0 Å². The van der Waals surface area contributed by atoms with Crippen LogP contribution in [0, 0.1) is 6.92 Å². The number of para-hydroxylation sites is 3. The number of piperazine rings is 1. The Bertz CT molecular complexity index is 1800. The Kier molecular flexibility index (Phi) is 7.93. The lowest BCUT2D eigenvalue weighted by Crippen LogP contribution is -2.47. The molecular weight excluding hydrogens is 526 g/mol. The van der Waals surface area contributed by atoms with E-state index in [-0.39, 0.29) is 11.3 Å². The van der Waals surface area contributed by atoms with Crippen molar-refractivity contribution >= 4 is 33.3 Å². The van der Waals surface area contributed by atoms with Gasteiger partial charge in [0.25, 0.3) is 5.91 Å². The Labute approximate surface area is 245 Å². The average molecular weight is 562 g/mol. The summed E-state index contributed by atoms with van der Waals surface area (Å²) in [4.78, 5) is 31.5. The molecule has 7 heteroatoms. The van der Waals surface area contributed by atoms with Gasteiger partial charge in [-0.2, -0.15) is 0 Å². The fourth-order valence-electron chi connectivity index (χ4n) is 5.87. The van der Waals surface area contributed by atoms with E-state index >= 15 is 0 Å². The third kappa shape index (κ3) is 5.35. The maximum Gasteiger partial charge on any atom is 0.255 e. The summed E-state index contributed by atoms with van der Waals surface area (Å²) in [5.41, 5.74) is 3.07.